The van der Waals surface area contributed by atoms with Crippen LogP contribution in [-0.2, 0) is 0 Å². The number of aromatic hydroxyl groups is 1. The summed E-state index contributed by atoms with van der Waals surface area (Å²) < 4.78 is 12.6. The molecular formula is C10H11FO2. The Balaban J connectivity index is 2.73. The van der Waals surface area contributed by atoms with Gasteiger partial charge in [-0.25, -0.2) is 4.39 Å². The van der Waals surface area contributed by atoms with Crippen molar-refractivity contribution in [2.24, 2.45) is 0 Å². The average Bonchev–Trinajstić information content (AvgIpc) is 2.12. The van der Waals surface area contributed by atoms with E-state index >= 15 is 0 Å². The first-order chi connectivity index (χ1) is 6.24. The van der Waals surface area contributed by atoms with Gasteiger partial charge < -0.3 is 10.2 Å². The van der Waals surface area contributed by atoms with Crippen molar-refractivity contribution >= 4 is 6.08 Å². The first-order valence-electron chi connectivity index (χ1n) is 4.00. The summed E-state index contributed by atoms with van der Waals surface area (Å²) in [5, 5.41) is 17.5. The van der Waals surface area contributed by atoms with E-state index in [1.807, 2.05) is 0 Å². The zero-order chi connectivity index (χ0) is 9.68. The highest BCUT2D eigenvalue weighted by atomic mass is 19.1. The van der Waals surface area contributed by atoms with Crippen LogP contribution in [0.25, 0.3) is 6.08 Å². The predicted molar refractivity (Wildman–Crippen MR) is 48.8 cm³/mol. The number of benzene rings is 1. The molecule has 1 rings (SSSR count). The van der Waals surface area contributed by atoms with Gasteiger partial charge in [-0.05, 0) is 24.1 Å². The molecule has 0 aliphatic rings. The Morgan fingerprint density at radius 3 is 2.77 bits per heavy atom. The molecule has 0 bridgehead atoms. The molecule has 0 saturated heterocycles. The maximum absolute atomic E-state index is 12.6. The fraction of sp³-hybridized carbons (Fsp3) is 0.200. The third kappa shape index (κ3) is 2.87. The molecule has 0 aromatic heterocycles. The van der Waals surface area contributed by atoms with Crippen molar-refractivity contribution in [2.45, 2.75) is 6.42 Å². The van der Waals surface area contributed by atoms with Gasteiger partial charge in [0.2, 0.25) is 0 Å². The number of hydrogen-bond acceptors (Lipinski definition) is 2. The highest BCUT2D eigenvalue weighted by Gasteiger charge is 1.97. The van der Waals surface area contributed by atoms with Gasteiger partial charge in [0, 0.05) is 6.61 Å². The van der Waals surface area contributed by atoms with Crippen molar-refractivity contribution in [3.8, 4) is 5.75 Å². The summed E-state index contributed by atoms with van der Waals surface area (Å²) in [5.74, 6) is -0.981. The number of aliphatic hydroxyl groups is 1. The van der Waals surface area contributed by atoms with Crippen molar-refractivity contribution in [1.29, 1.82) is 0 Å². The van der Waals surface area contributed by atoms with Crippen LogP contribution in [0.15, 0.2) is 24.3 Å². The number of aliphatic hydroxyl groups excluding tert-OH is 1. The predicted octanol–water partition coefficient (Wildman–Crippen LogP) is 1.93. The summed E-state index contributed by atoms with van der Waals surface area (Å²) in [6, 6.07) is 4.10. The van der Waals surface area contributed by atoms with Crippen molar-refractivity contribution in [1.82, 2.24) is 0 Å². The van der Waals surface area contributed by atoms with Crippen molar-refractivity contribution in [3.63, 3.8) is 0 Å². The van der Waals surface area contributed by atoms with Gasteiger partial charge in [-0.15, -0.1) is 0 Å². The Hall–Kier alpha value is -1.35. The second-order valence-corrected chi connectivity index (χ2v) is 2.63. The van der Waals surface area contributed by atoms with Crippen LogP contribution in [0.4, 0.5) is 4.39 Å². The molecule has 0 fully saturated rings. The molecule has 0 radical (unpaired) electrons. The maximum atomic E-state index is 12.6. The molecule has 70 valence electrons. The Morgan fingerprint density at radius 1 is 1.38 bits per heavy atom. The first-order valence-corrected chi connectivity index (χ1v) is 4.00. The second kappa shape index (κ2) is 4.62. The standard InChI is InChI=1S/C10H11FO2/c11-9-5-4-8(7-10(9)13)3-1-2-6-12/h1,3-5,7,12-13H,2,6H2. The van der Waals surface area contributed by atoms with Gasteiger partial charge in [0.25, 0.3) is 0 Å². The van der Waals surface area contributed by atoms with Crippen LogP contribution < -0.4 is 0 Å². The van der Waals surface area contributed by atoms with Crippen LogP contribution in [0.1, 0.15) is 12.0 Å². The molecule has 1 aromatic rings. The summed E-state index contributed by atoms with van der Waals surface area (Å²) in [5.41, 5.74) is 0.715. The van der Waals surface area contributed by atoms with E-state index in [2.05, 4.69) is 0 Å². The number of halogens is 1. The molecule has 0 heterocycles. The van der Waals surface area contributed by atoms with E-state index < -0.39 is 5.82 Å². The van der Waals surface area contributed by atoms with E-state index in [9.17, 15) is 4.39 Å². The normalized spacial score (nSPS) is 10.9. The number of hydrogen-bond donors (Lipinski definition) is 2. The summed E-state index contributed by atoms with van der Waals surface area (Å²) in [6.07, 6.45) is 4.03. The summed E-state index contributed by atoms with van der Waals surface area (Å²) in [6.45, 7) is 0.0870. The van der Waals surface area contributed by atoms with E-state index in [-0.39, 0.29) is 12.4 Å². The van der Waals surface area contributed by atoms with Gasteiger partial charge in [0.05, 0.1) is 0 Å². The summed E-state index contributed by atoms with van der Waals surface area (Å²) >= 11 is 0. The fourth-order valence-corrected chi connectivity index (χ4v) is 0.927. The molecule has 0 atom stereocenters. The van der Waals surface area contributed by atoms with E-state index in [0.717, 1.165) is 0 Å². The smallest absolute Gasteiger partial charge is 0.164 e. The third-order valence-corrected chi connectivity index (χ3v) is 1.58. The zero-order valence-corrected chi connectivity index (χ0v) is 7.07. The van der Waals surface area contributed by atoms with E-state index in [4.69, 9.17) is 10.2 Å². The van der Waals surface area contributed by atoms with Gasteiger partial charge >= 0.3 is 0 Å². The second-order valence-electron chi connectivity index (χ2n) is 2.63. The molecule has 0 aliphatic carbocycles. The van der Waals surface area contributed by atoms with Crippen molar-refractivity contribution in [3.05, 3.63) is 35.7 Å². The van der Waals surface area contributed by atoms with E-state index in [1.54, 1.807) is 18.2 Å². The third-order valence-electron chi connectivity index (χ3n) is 1.58. The number of rotatable bonds is 3. The monoisotopic (exact) mass is 182 g/mol. The highest BCUT2D eigenvalue weighted by Crippen LogP contribution is 2.17. The maximum Gasteiger partial charge on any atom is 0.164 e. The van der Waals surface area contributed by atoms with Gasteiger partial charge in [-0.1, -0.05) is 18.2 Å². The molecule has 3 heteroatoms. The lowest BCUT2D eigenvalue weighted by Gasteiger charge is -1.96. The number of phenolic OH excluding ortho intramolecular Hbond substituents is 1. The van der Waals surface area contributed by atoms with Gasteiger partial charge in [0.1, 0.15) is 0 Å². The SMILES string of the molecule is OCCC=Cc1ccc(F)c(O)c1. The first kappa shape index (κ1) is 9.74. The molecule has 0 saturated carbocycles. The Labute approximate surface area is 76.0 Å². The van der Waals surface area contributed by atoms with Gasteiger partial charge in [0.15, 0.2) is 11.6 Å². The largest absolute Gasteiger partial charge is 0.505 e. The Morgan fingerprint density at radius 2 is 2.15 bits per heavy atom. The van der Waals surface area contributed by atoms with Gasteiger partial charge in [-0.2, -0.15) is 0 Å². The van der Waals surface area contributed by atoms with Crippen molar-refractivity contribution in [2.75, 3.05) is 6.61 Å². The topological polar surface area (TPSA) is 40.5 Å². The molecule has 1 aromatic carbocycles. The molecule has 0 spiro atoms. The molecular weight excluding hydrogens is 171 g/mol. The Kier molecular flexibility index (Phi) is 3.46. The average molecular weight is 182 g/mol. The Bertz CT molecular complexity index is 308. The lowest BCUT2D eigenvalue weighted by molar-refractivity contribution is 0.303. The zero-order valence-electron chi connectivity index (χ0n) is 7.07. The van der Waals surface area contributed by atoms with Crippen molar-refractivity contribution < 1.29 is 14.6 Å². The van der Waals surface area contributed by atoms with E-state index in [1.165, 1.54) is 12.1 Å². The van der Waals surface area contributed by atoms with Crippen LogP contribution in [-0.4, -0.2) is 16.8 Å². The number of phenols is 1. The minimum atomic E-state index is -0.626. The minimum Gasteiger partial charge on any atom is -0.505 e. The van der Waals surface area contributed by atoms with Gasteiger partial charge in [-0.3, -0.25) is 0 Å². The quantitative estimate of drug-likeness (QED) is 0.749. The molecule has 13 heavy (non-hydrogen) atoms. The lowest BCUT2D eigenvalue weighted by Crippen LogP contribution is -1.79. The molecule has 2 N–H and O–H groups in total. The van der Waals surface area contributed by atoms with E-state index in [0.29, 0.717) is 12.0 Å². The lowest BCUT2D eigenvalue weighted by atomic mass is 10.2. The van der Waals surface area contributed by atoms with Crippen LogP contribution in [0.2, 0.25) is 0 Å². The minimum absolute atomic E-state index is 0.0870. The van der Waals surface area contributed by atoms with Crippen LogP contribution in [0.3, 0.4) is 0 Å². The molecule has 0 amide bonds. The summed E-state index contributed by atoms with van der Waals surface area (Å²) in [4.78, 5) is 0. The molecule has 0 aliphatic heterocycles. The summed E-state index contributed by atoms with van der Waals surface area (Å²) in [7, 11) is 0. The van der Waals surface area contributed by atoms with Crippen LogP contribution in [0, 0.1) is 5.82 Å². The fourth-order valence-electron chi connectivity index (χ4n) is 0.927. The van der Waals surface area contributed by atoms with Crippen LogP contribution >= 0.6 is 0 Å². The molecule has 2 nitrogen and oxygen atoms in total. The highest BCUT2D eigenvalue weighted by molar-refractivity contribution is 5.51. The van der Waals surface area contributed by atoms with Crippen LogP contribution in [0.5, 0.6) is 5.75 Å². The molecule has 0 unspecified atom stereocenters.